The van der Waals surface area contributed by atoms with Crippen LogP contribution in [0.15, 0.2) is 0 Å². The first-order valence-electron chi connectivity index (χ1n) is 6.84. The molecule has 2 rings (SSSR count). The summed E-state index contributed by atoms with van der Waals surface area (Å²) in [5, 5.41) is 3.60. The lowest BCUT2D eigenvalue weighted by molar-refractivity contribution is 0.163. The van der Waals surface area contributed by atoms with Crippen molar-refractivity contribution in [3.63, 3.8) is 0 Å². The maximum absolute atomic E-state index is 3.60. The lowest BCUT2D eigenvalue weighted by Gasteiger charge is -2.37. The van der Waals surface area contributed by atoms with Crippen molar-refractivity contribution in [2.75, 3.05) is 24.6 Å². The number of hydrogen-bond donors (Lipinski definition) is 1. The van der Waals surface area contributed by atoms with E-state index in [2.05, 4.69) is 35.8 Å². The Morgan fingerprint density at radius 2 is 2.25 bits per heavy atom. The van der Waals surface area contributed by atoms with Gasteiger partial charge in [0, 0.05) is 36.2 Å². The first-order chi connectivity index (χ1) is 7.77. The minimum atomic E-state index is 0.775. The number of hydrogen-bond acceptors (Lipinski definition) is 3. The van der Waals surface area contributed by atoms with Gasteiger partial charge < -0.3 is 5.32 Å². The molecule has 1 heterocycles. The Kier molecular flexibility index (Phi) is 4.98. The molecule has 2 atom stereocenters. The lowest BCUT2D eigenvalue weighted by Crippen LogP contribution is -2.45. The van der Waals surface area contributed by atoms with E-state index in [1.54, 1.807) is 0 Å². The number of nitrogens with one attached hydrogen (secondary N) is 1. The topological polar surface area (TPSA) is 15.3 Å². The number of rotatable bonds is 6. The van der Waals surface area contributed by atoms with Crippen LogP contribution in [0, 0.1) is 0 Å². The maximum Gasteiger partial charge on any atom is 0.0161 e. The molecular formula is C13H26N2S. The van der Waals surface area contributed by atoms with E-state index in [1.165, 1.54) is 50.3 Å². The molecule has 2 unspecified atom stereocenters. The maximum atomic E-state index is 3.60. The molecule has 3 heteroatoms. The molecule has 1 saturated heterocycles. The van der Waals surface area contributed by atoms with Crippen molar-refractivity contribution in [1.29, 1.82) is 0 Å². The molecule has 0 spiro atoms. The molecule has 2 aliphatic rings. The summed E-state index contributed by atoms with van der Waals surface area (Å²) in [4.78, 5) is 2.70. The molecule has 0 aromatic carbocycles. The van der Waals surface area contributed by atoms with Crippen molar-refractivity contribution in [2.45, 2.75) is 57.7 Å². The molecule has 1 aliphatic heterocycles. The normalized spacial score (nSPS) is 29.2. The molecule has 0 bridgehead atoms. The van der Waals surface area contributed by atoms with Crippen molar-refractivity contribution < 1.29 is 0 Å². The van der Waals surface area contributed by atoms with Gasteiger partial charge in [-0.15, -0.1) is 0 Å². The van der Waals surface area contributed by atoms with E-state index >= 15 is 0 Å². The van der Waals surface area contributed by atoms with Crippen LogP contribution in [0.3, 0.4) is 0 Å². The fourth-order valence-corrected chi connectivity index (χ4v) is 3.59. The zero-order chi connectivity index (χ0) is 11.4. The Morgan fingerprint density at radius 3 is 2.94 bits per heavy atom. The molecule has 0 aromatic rings. The zero-order valence-electron chi connectivity index (χ0n) is 10.7. The summed E-state index contributed by atoms with van der Waals surface area (Å²) >= 11 is 2.11. The molecule has 1 saturated carbocycles. The van der Waals surface area contributed by atoms with Crippen LogP contribution in [-0.4, -0.2) is 47.6 Å². The smallest absolute Gasteiger partial charge is 0.0161 e. The summed E-state index contributed by atoms with van der Waals surface area (Å²) < 4.78 is 0. The highest BCUT2D eigenvalue weighted by molar-refractivity contribution is 7.99. The second kappa shape index (κ2) is 6.27. The van der Waals surface area contributed by atoms with Gasteiger partial charge in [0.25, 0.3) is 0 Å². The Hall–Kier alpha value is 0.270. The summed E-state index contributed by atoms with van der Waals surface area (Å²) in [6, 6.07) is 2.43. The quantitative estimate of drug-likeness (QED) is 0.720. The minimum Gasteiger partial charge on any atom is -0.314 e. The van der Waals surface area contributed by atoms with E-state index in [0.29, 0.717) is 0 Å². The Labute approximate surface area is 105 Å². The molecule has 1 N–H and O–H groups in total. The third kappa shape index (κ3) is 3.94. The van der Waals surface area contributed by atoms with E-state index in [1.807, 2.05) is 0 Å². The molecule has 16 heavy (non-hydrogen) atoms. The summed E-state index contributed by atoms with van der Waals surface area (Å²) in [5.41, 5.74) is 0. The number of nitrogens with zero attached hydrogens (tertiary/aromatic N) is 1. The van der Waals surface area contributed by atoms with E-state index in [9.17, 15) is 0 Å². The van der Waals surface area contributed by atoms with Gasteiger partial charge in [-0.3, -0.25) is 4.90 Å². The predicted molar refractivity (Wildman–Crippen MR) is 73.2 cm³/mol. The molecule has 1 aliphatic carbocycles. The van der Waals surface area contributed by atoms with E-state index < -0.39 is 0 Å². The first-order valence-corrected chi connectivity index (χ1v) is 7.99. The van der Waals surface area contributed by atoms with Gasteiger partial charge in [-0.1, -0.05) is 0 Å². The largest absolute Gasteiger partial charge is 0.314 e. The van der Waals surface area contributed by atoms with E-state index in [-0.39, 0.29) is 0 Å². The summed E-state index contributed by atoms with van der Waals surface area (Å²) in [6.45, 7) is 7.31. The monoisotopic (exact) mass is 242 g/mol. The van der Waals surface area contributed by atoms with Crippen molar-refractivity contribution in [1.82, 2.24) is 10.2 Å². The van der Waals surface area contributed by atoms with Gasteiger partial charge in [0.05, 0.1) is 0 Å². The van der Waals surface area contributed by atoms with Gasteiger partial charge in [0.1, 0.15) is 0 Å². The SMILES string of the molecule is CC(CCCNC1CC1)N1CCSCC1C. The van der Waals surface area contributed by atoms with Crippen LogP contribution in [0.1, 0.15) is 39.5 Å². The van der Waals surface area contributed by atoms with Crippen LogP contribution in [0.2, 0.25) is 0 Å². The fraction of sp³-hybridized carbons (Fsp3) is 1.00. The molecular weight excluding hydrogens is 216 g/mol. The van der Waals surface area contributed by atoms with Crippen LogP contribution in [0.25, 0.3) is 0 Å². The molecule has 2 fully saturated rings. The van der Waals surface area contributed by atoms with Gasteiger partial charge in [-0.05, 0) is 46.1 Å². The van der Waals surface area contributed by atoms with E-state index in [0.717, 1.165) is 18.1 Å². The second-order valence-electron chi connectivity index (χ2n) is 5.38. The van der Waals surface area contributed by atoms with Gasteiger partial charge in [0.2, 0.25) is 0 Å². The standard InChI is InChI=1S/C13H26N2S/c1-11(4-3-7-14-13-5-6-13)15-8-9-16-10-12(15)2/h11-14H,3-10H2,1-2H3. The highest BCUT2D eigenvalue weighted by Crippen LogP contribution is 2.21. The highest BCUT2D eigenvalue weighted by atomic mass is 32.2. The van der Waals surface area contributed by atoms with Crippen molar-refractivity contribution in [3.05, 3.63) is 0 Å². The predicted octanol–water partition coefficient (Wildman–Crippen LogP) is 2.34. The van der Waals surface area contributed by atoms with Gasteiger partial charge >= 0.3 is 0 Å². The van der Waals surface area contributed by atoms with Crippen LogP contribution in [0.5, 0.6) is 0 Å². The van der Waals surface area contributed by atoms with Crippen molar-refractivity contribution in [2.24, 2.45) is 0 Å². The molecule has 94 valence electrons. The summed E-state index contributed by atoms with van der Waals surface area (Å²) in [5.74, 6) is 2.65. The van der Waals surface area contributed by atoms with Crippen LogP contribution in [-0.2, 0) is 0 Å². The molecule has 0 amide bonds. The zero-order valence-corrected chi connectivity index (χ0v) is 11.6. The van der Waals surface area contributed by atoms with E-state index in [4.69, 9.17) is 0 Å². The van der Waals surface area contributed by atoms with Crippen LogP contribution < -0.4 is 5.32 Å². The molecule has 0 radical (unpaired) electrons. The van der Waals surface area contributed by atoms with Crippen LogP contribution in [0.4, 0.5) is 0 Å². The summed E-state index contributed by atoms with van der Waals surface area (Å²) in [6.07, 6.45) is 5.52. The fourth-order valence-electron chi connectivity index (χ4n) is 2.55. The van der Waals surface area contributed by atoms with Crippen molar-refractivity contribution >= 4 is 11.8 Å². The average molecular weight is 242 g/mol. The van der Waals surface area contributed by atoms with Crippen molar-refractivity contribution in [3.8, 4) is 0 Å². The summed E-state index contributed by atoms with van der Waals surface area (Å²) in [7, 11) is 0. The first kappa shape index (κ1) is 12.7. The Balaban J connectivity index is 1.59. The second-order valence-corrected chi connectivity index (χ2v) is 6.53. The lowest BCUT2D eigenvalue weighted by atomic mass is 10.1. The van der Waals surface area contributed by atoms with Gasteiger partial charge in [-0.2, -0.15) is 11.8 Å². The van der Waals surface area contributed by atoms with Gasteiger partial charge in [0.15, 0.2) is 0 Å². The average Bonchev–Trinajstić information content (AvgIpc) is 3.08. The Morgan fingerprint density at radius 1 is 1.44 bits per heavy atom. The number of thioether (sulfide) groups is 1. The molecule has 0 aromatic heterocycles. The third-order valence-corrected chi connectivity index (χ3v) is 4.98. The van der Waals surface area contributed by atoms with Gasteiger partial charge in [-0.25, -0.2) is 0 Å². The third-order valence-electron chi connectivity index (χ3n) is 3.79. The Bertz CT molecular complexity index is 206. The minimum absolute atomic E-state index is 0.775. The van der Waals surface area contributed by atoms with Crippen LogP contribution >= 0.6 is 11.8 Å². The molecule has 2 nitrogen and oxygen atoms in total. The highest BCUT2D eigenvalue weighted by Gasteiger charge is 2.23.